The van der Waals surface area contributed by atoms with Crippen LogP contribution in [-0.2, 0) is 14.1 Å². The monoisotopic (exact) mass is 301 g/mol. The molecule has 0 fully saturated rings. The summed E-state index contributed by atoms with van der Waals surface area (Å²) in [5, 5.41) is 0. The van der Waals surface area contributed by atoms with Gasteiger partial charge in [0.05, 0.1) is 0 Å². The number of ketones is 2. The standard InChI is InChI=1S/C17H17O3S/c1-13(18)14-8-10-16(11-9-14)21(2,20)12-17(19)15-6-4-3-5-7-15/h3-11H,12H2,1-2H3/q+1. The molecule has 0 saturated heterocycles. The first kappa shape index (κ1) is 15.3. The van der Waals surface area contributed by atoms with Crippen molar-refractivity contribution in [2.75, 3.05) is 12.0 Å². The highest BCUT2D eigenvalue weighted by molar-refractivity contribution is 8.03. The van der Waals surface area contributed by atoms with Gasteiger partial charge in [-0.15, -0.1) is 0 Å². The maximum Gasteiger partial charge on any atom is 0.212 e. The zero-order valence-corrected chi connectivity index (χ0v) is 12.9. The second-order valence-corrected chi connectivity index (χ2v) is 7.79. The molecule has 0 aliphatic carbocycles. The van der Waals surface area contributed by atoms with Crippen LogP contribution in [0.25, 0.3) is 0 Å². The van der Waals surface area contributed by atoms with Gasteiger partial charge in [0.15, 0.2) is 16.4 Å². The highest BCUT2D eigenvalue weighted by atomic mass is 32.2. The minimum Gasteiger partial charge on any atom is -0.295 e. The molecule has 21 heavy (non-hydrogen) atoms. The fourth-order valence-corrected chi connectivity index (χ4v) is 3.56. The van der Waals surface area contributed by atoms with Crippen molar-refractivity contribution in [1.29, 1.82) is 0 Å². The quantitative estimate of drug-likeness (QED) is 0.629. The third-order valence-corrected chi connectivity index (χ3v) is 5.34. The van der Waals surface area contributed by atoms with Gasteiger partial charge in [-0.2, -0.15) is 0 Å². The van der Waals surface area contributed by atoms with Crippen LogP contribution in [0.15, 0.2) is 59.5 Å². The van der Waals surface area contributed by atoms with Crippen molar-refractivity contribution in [3.8, 4) is 0 Å². The molecule has 0 amide bonds. The molecule has 0 aliphatic heterocycles. The third-order valence-electron chi connectivity index (χ3n) is 3.26. The lowest BCUT2D eigenvalue weighted by molar-refractivity contribution is 0.101. The summed E-state index contributed by atoms with van der Waals surface area (Å²) in [5.74, 6) is -0.209. The molecule has 0 spiro atoms. The molecule has 0 saturated carbocycles. The Hall–Kier alpha value is -2.07. The van der Waals surface area contributed by atoms with Crippen LogP contribution in [0.1, 0.15) is 27.6 Å². The molecule has 0 aliphatic rings. The van der Waals surface area contributed by atoms with Crippen LogP contribution in [-0.4, -0.2) is 23.6 Å². The molecule has 3 nitrogen and oxygen atoms in total. The van der Waals surface area contributed by atoms with E-state index >= 15 is 0 Å². The van der Waals surface area contributed by atoms with Gasteiger partial charge in [-0.25, -0.2) is 0 Å². The van der Waals surface area contributed by atoms with Crippen molar-refractivity contribution in [3.63, 3.8) is 0 Å². The van der Waals surface area contributed by atoms with Crippen molar-refractivity contribution in [2.45, 2.75) is 11.8 Å². The fourth-order valence-electron chi connectivity index (χ4n) is 2.02. The third kappa shape index (κ3) is 3.73. The maximum atomic E-state index is 12.7. The maximum absolute atomic E-state index is 12.7. The Morgan fingerprint density at radius 2 is 1.48 bits per heavy atom. The summed E-state index contributed by atoms with van der Waals surface area (Å²) in [5.41, 5.74) is 1.13. The van der Waals surface area contributed by atoms with E-state index < -0.39 is 9.93 Å². The molecule has 108 valence electrons. The Morgan fingerprint density at radius 1 is 0.905 bits per heavy atom. The van der Waals surface area contributed by atoms with Crippen molar-refractivity contribution in [3.05, 3.63) is 65.7 Å². The fraction of sp³-hybridized carbons (Fsp3) is 0.176. The van der Waals surface area contributed by atoms with Gasteiger partial charge in [0.2, 0.25) is 5.78 Å². The summed E-state index contributed by atoms with van der Waals surface area (Å²) in [6.45, 7) is 1.48. The predicted molar refractivity (Wildman–Crippen MR) is 84.3 cm³/mol. The average molecular weight is 301 g/mol. The number of rotatable bonds is 5. The first-order valence-electron chi connectivity index (χ1n) is 6.56. The van der Waals surface area contributed by atoms with Gasteiger partial charge in [0.25, 0.3) is 0 Å². The van der Waals surface area contributed by atoms with Crippen molar-refractivity contribution in [1.82, 2.24) is 0 Å². The summed E-state index contributed by atoms with van der Waals surface area (Å²) in [7, 11) is -2.46. The van der Waals surface area contributed by atoms with Crippen molar-refractivity contribution in [2.24, 2.45) is 0 Å². The summed E-state index contributed by atoms with van der Waals surface area (Å²) in [4.78, 5) is 24.0. The smallest absolute Gasteiger partial charge is 0.212 e. The molecule has 0 heterocycles. The lowest BCUT2D eigenvalue weighted by atomic mass is 10.1. The van der Waals surface area contributed by atoms with Crippen LogP contribution < -0.4 is 0 Å². The van der Waals surface area contributed by atoms with Gasteiger partial charge < -0.3 is 0 Å². The summed E-state index contributed by atoms with van der Waals surface area (Å²) >= 11 is 0. The molecule has 0 bridgehead atoms. The zero-order valence-electron chi connectivity index (χ0n) is 12.0. The molecule has 2 rings (SSSR count). The van der Waals surface area contributed by atoms with Gasteiger partial charge in [0, 0.05) is 11.1 Å². The summed E-state index contributed by atoms with van der Waals surface area (Å²) in [6.07, 6.45) is 1.58. The van der Waals surface area contributed by atoms with Crippen molar-refractivity contribution >= 4 is 21.5 Å². The molecule has 2 aromatic carbocycles. The SMILES string of the molecule is CC(=O)c1ccc([S+](C)(=O)CC(=O)c2ccccc2)cc1. The number of Topliss-reactive ketones (excluding diaryl/α,β-unsaturated/α-hetero) is 2. The molecule has 0 aromatic heterocycles. The highest BCUT2D eigenvalue weighted by Gasteiger charge is 2.29. The van der Waals surface area contributed by atoms with E-state index in [1.165, 1.54) is 6.92 Å². The molecular formula is C17H17O3S+. The Bertz CT molecular complexity index is 703. The molecule has 0 radical (unpaired) electrons. The molecule has 4 heteroatoms. The van der Waals surface area contributed by atoms with Crippen LogP contribution in [0.2, 0.25) is 0 Å². The van der Waals surface area contributed by atoms with E-state index in [0.29, 0.717) is 16.0 Å². The van der Waals surface area contributed by atoms with Crippen LogP contribution in [0.5, 0.6) is 0 Å². The first-order chi connectivity index (χ1) is 9.90. The molecule has 2 aromatic rings. The summed E-state index contributed by atoms with van der Waals surface area (Å²) < 4.78 is 12.7. The number of carbonyl (C=O) groups is 2. The molecular weight excluding hydrogens is 284 g/mol. The van der Waals surface area contributed by atoms with Gasteiger partial charge >= 0.3 is 0 Å². The topological polar surface area (TPSA) is 51.2 Å². The Kier molecular flexibility index (Phi) is 4.48. The van der Waals surface area contributed by atoms with E-state index in [4.69, 9.17) is 0 Å². The average Bonchev–Trinajstić information content (AvgIpc) is 2.48. The van der Waals surface area contributed by atoms with E-state index in [9.17, 15) is 13.8 Å². The predicted octanol–water partition coefficient (Wildman–Crippen LogP) is 3.26. The van der Waals surface area contributed by atoms with Gasteiger partial charge in [-0.3, -0.25) is 9.59 Å². The minimum atomic E-state index is -2.46. The highest BCUT2D eigenvalue weighted by Crippen LogP contribution is 2.19. The number of benzene rings is 2. The van der Waals surface area contributed by atoms with E-state index in [-0.39, 0.29) is 17.3 Å². The lowest BCUT2D eigenvalue weighted by Gasteiger charge is -2.07. The van der Waals surface area contributed by atoms with Crippen LogP contribution in [0, 0.1) is 0 Å². The van der Waals surface area contributed by atoms with Gasteiger partial charge in [-0.1, -0.05) is 34.5 Å². The summed E-state index contributed by atoms with van der Waals surface area (Å²) in [6, 6.07) is 15.5. The van der Waals surface area contributed by atoms with Crippen LogP contribution >= 0.6 is 0 Å². The number of hydrogen-bond donors (Lipinski definition) is 0. The zero-order chi connectivity index (χ0) is 15.5. The Morgan fingerprint density at radius 3 is 2.00 bits per heavy atom. The van der Waals surface area contributed by atoms with Crippen molar-refractivity contribution < 1.29 is 13.8 Å². The number of hydrogen-bond acceptors (Lipinski definition) is 3. The van der Waals surface area contributed by atoms with E-state index in [0.717, 1.165) is 0 Å². The van der Waals surface area contributed by atoms with E-state index in [1.54, 1.807) is 54.8 Å². The lowest BCUT2D eigenvalue weighted by Crippen LogP contribution is -2.21. The largest absolute Gasteiger partial charge is 0.295 e. The molecule has 1 unspecified atom stereocenters. The molecule has 0 N–H and O–H groups in total. The second kappa shape index (κ2) is 6.14. The minimum absolute atomic E-state index is 0.0313. The van der Waals surface area contributed by atoms with Gasteiger partial charge in [0.1, 0.15) is 16.2 Å². The number of carbonyl (C=O) groups excluding carboxylic acids is 2. The first-order valence-corrected chi connectivity index (χ1v) is 8.70. The Balaban J connectivity index is 2.20. The van der Waals surface area contributed by atoms with E-state index in [1.807, 2.05) is 6.07 Å². The normalized spacial score (nSPS) is 13.4. The Labute approximate surface area is 125 Å². The van der Waals surface area contributed by atoms with Crippen LogP contribution in [0.3, 0.4) is 0 Å². The van der Waals surface area contributed by atoms with Gasteiger partial charge in [-0.05, 0) is 31.2 Å². The molecule has 1 atom stereocenters. The second-order valence-electron chi connectivity index (χ2n) is 5.02. The van der Waals surface area contributed by atoms with Crippen LogP contribution in [0.4, 0.5) is 0 Å². The van der Waals surface area contributed by atoms with E-state index in [2.05, 4.69) is 0 Å².